The van der Waals surface area contributed by atoms with Gasteiger partial charge in [0.2, 0.25) is 0 Å². The number of hydrogen-bond acceptors (Lipinski definition) is 5. The monoisotopic (exact) mass is 279 g/mol. The Bertz CT molecular complexity index is 511. The number of hydrogen-bond donors (Lipinski definition) is 0. The SMILES string of the molecule is CSCc1ncc(C(=O)OCc2ccccc2)s1. The van der Waals surface area contributed by atoms with Gasteiger partial charge >= 0.3 is 5.97 Å². The smallest absolute Gasteiger partial charge is 0.350 e. The van der Waals surface area contributed by atoms with Gasteiger partial charge in [-0.1, -0.05) is 30.3 Å². The van der Waals surface area contributed by atoms with Crippen LogP contribution in [0.4, 0.5) is 0 Å². The molecule has 0 aliphatic carbocycles. The van der Waals surface area contributed by atoms with Crippen LogP contribution in [0.5, 0.6) is 0 Å². The number of thiazole rings is 1. The van der Waals surface area contributed by atoms with Gasteiger partial charge in [0.15, 0.2) is 0 Å². The lowest BCUT2D eigenvalue weighted by Gasteiger charge is -2.02. The molecule has 0 atom stereocenters. The Morgan fingerprint density at radius 1 is 1.39 bits per heavy atom. The molecule has 0 amide bonds. The largest absolute Gasteiger partial charge is 0.457 e. The van der Waals surface area contributed by atoms with Crippen molar-refractivity contribution in [1.82, 2.24) is 4.98 Å². The summed E-state index contributed by atoms with van der Waals surface area (Å²) in [7, 11) is 0. The molecular weight excluding hydrogens is 266 g/mol. The Kier molecular flexibility index (Phi) is 4.78. The van der Waals surface area contributed by atoms with Crippen molar-refractivity contribution in [2.75, 3.05) is 6.26 Å². The van der Waals surface area contributed by atoms with E-state index in [-0.39, 0.29) is 5.97 Å². The third kappa shape index (κ3) is 3.58. The molecule has 1 aromatic carbocycles. The minimum Gasteiger partial charge on any atom is -0.457 e. The van der Waals surface area contributed by atoms with Crippen LogP contribution >= 0.6 is 23.1 Å². The van der Waals surface area contributed by atoms with Crippen molar-refractivity contribution in [1.29, 1.82) is 0 Å². The number of ether oxygens (including phenoxy) is 1. The maximum atomic E-state index is 11.8. The normalized spacial score (nSPS) is 10.3. The predicted molar refractivity (Wildman–Crippen MR) is 74.9 cm³/mol. The van der Waals surface area contributed by atoms with E-state index < -0.39 is 0 Å². The molecule has 0 aliphatic rings. The summed E-state index contributed by atoms with van der Waals surface area (Å²) in [6, 6.07) is 9.64. The number of rotatable bonds is 5. The highest BCUT2D eigenvalue weighted by Crippen LogP contribution is 2.18. The molecule has 1 heterocycles. The number of carbonyl (C=O) groups is 1. The fraction of sp³-hybridized carbons (Fsp3) is 0.231. The van der Waals surface area contributed by atoms with Crippen molar-refractivity contribution in [3.63, 3.8) is 0 Å². The summed E-state index contributed by atoms with van der Waals surface area (Å²) in [4.78, 5) is 16.5. The molecule has 0 fully saturated rings. The van der Waals surface area contributed by atoms with Crippen LogP contribution in [-0.4, -0.2) is 17.2 Å². The average molecular weight is 279 g/mol. The van der Waals surface area contributed by atoms with Gasteiger partial charge in [0.25, 0.3) is 0 Å². The lowest BCUT2D eigenvalue weighted by Crippen LogP contribution is -2.02. The number of nitrogens with zero attached hydrogens (tertiary/aromatic N) is 1. The van der Waals surface area contributed by atoms with Crippen molar-refractivity contribution in [2.45, 2.75) is 12.4 Å². The Labute approximate surface area is 114 Å². The second-order valence-corrected chi connectivity index (χ2v) is 5.59. The highest BCUT2D eigenvalue weighted by molar-refractivity contribution is 7.97. The molecule has 0 spiro atoms. The van der Waals surface area contributed by atoms with Crippen LogP contribution < -0.4 is 0 Å². The Hall–Kier alpha value is -1.33. The van der Waals surface area contributed by atoms with Gasteiger partial charge in [0.1, 0.15) is 16.5 Å². The van der Waals surface area contributed by atoms with Crippen molar-refractivity contribution in [3.8, 4) is 0 Å². The second kappa shape index (κ2) is 6.56. The van der Waals surface area contributed by atoms with Crippen LogP contribution in [-0.2, 0) is 17.1 Å². The van der Waals surface area contributed by atoms with E-state index in [1.165, 1.54) is 11.3 Å². The lowest BCUT2D eigenvalue weighted by atomic mass is 10.2. The van der Waals surface area contributed by atoms with Crippen molar-refractivity contribution < 1.29 is 9.53 Å². The van der Waals surface area contributed by atoms with E-state index in [0.717, 1.165) is 16.3 Å². The van der Waals surface area contributed by atoms with Gasteiger partial charge in [-0.05, 0) is 11.8 Å². The highest BCUT2D eigenvalue weighted by Gasteiger charge is 2.11. The minimum absolute atomic E-state index is 0.301. The van der Waals surface area contributed by atoms with Gasteiger partial charge < -0.3 is 4.74 Å². The Balaban J connectivity index is 1.91. The van der Waals surface area contributed by atoms with Crippen LogP contribution in [0.1, 0.15) is 20.2 Å². The summed E-state index contributed by atoms with van der Waals surface area (Å²) >= 11 is 3.08. The molecule has 0 N–H and O–H groups in total. The molecule has 1 aromatic heterocycles. The molecular formula is C13H13NO2S2. The van der Waals surface area contributed by atoms with Gasteiger partial charge in [-0.25, -0.2) is 9.78 Å². The lowest BCUT2D eigenvalue weighted by molar-refractivity contribution is 0.0478. The van der Waals surface area contributed by atoms with Gasteiger partial charge in [0, 0.05) is 5.75 Å². The third-order valence-corrected chi connectivity index (χ3v) is 3.96. The summed E-state index contributed by atoms with van der Waals surface area (Å²) in [5.74, 6) is 0.528. The molecule has 3 nitrogen and oxygen atoms in total. The van der Waals surface area contributed by atoms with Crippen LogP contribution in [0.15, 0.2) is 36.5 Å². The number of carbonyl (C=O) groups excluding carboxylic acids is 1. The van der Waals surface area contributed by atoms with Crippen LogP contribution in [0.3, 0.4) is 0 Å². The van der Waals surface area contributed by atoms with Gasteiger partial charge in [-0.2, -0.15) is 11.8 Å². The van der Waals surface area contributed by atoms with E-state index in [9.17, 15) is 4.79 Å². The van der Waals surface area contributed by atoms with E-state index in [1.807, 2.05) is 36.6 Å². The number of esters is 1. The van der Waals surface area contributed by atoms with Crippen LogP contribution in [0.2, 0.25) is 0 Å². The quantitative estimate of drug-likeness (QED) is 0.787. The Morgan fingerprint density at radius 3 is 2.89 bits per heavy atom. The summed E-state index contributed by atoms with van der Waals surface area (Å²) < 4.78 is 5.23. The van der Waals surface area contributed by atoms with Crippen molar-refractivity contribution in [3.05, 3.63) is 52.0 Å². The minimum atomic E-state index is -0.302. The molecule has 0 saturated carbocycles. The van der Waals surface area contributed by atoms with Crippen molar-refractivity contribution in [2.24, 2.45) is 0 Å². The fourth-order valence-electron chi connectivity index (χ4n) is 1.39. The fourth-order valence-corrected chi connectivity index (χ4v) is 2.91. The summed E-state index contributed by atoms with van der Waals surface area (Å²) in [5, 5.41) is 0.953. The van der Waals surface area contributed by atoms with E-state index in [4.69, 9.17) is 4.74 Å². The number of aromatic nitrogens is 1. The number of thioether (sulfide) groups is 1. The molecule has 94 valence electrons. The standard InChI is InChI=1S/C13H13NO2S2/c1-17-9-12-14-7-11(18-12)13(15)16-8-10-5-3-2-4-6-10/h2-7H,8-9H2,1H3. The number of benzene rings is 1. The maximum Gasteiger partial charge on any atom is 0.350 e. The molecule has 5 heteroatoms. The van der Waals surface area contributed by atoms with E-state index in [2.05, 4.69) is 4.98 Å². The van der Waals surface area contributed by atoms with Gasteiger partial charge in [-0.3, -0.25) is 0 Å². The summed E-state index contributed by atoms with van der Waals surface area (Å²) in [6.07, 6.45) is 3.60. The molecule has 18 heavy (non-hydrogen) atoms. The molecule has 0 aliphatic heterocycles. The molecule has 2 aromatic rings. The zero-order valence-corrected chi connectivity index (χ0v) is 11.6. The van der Waals surface area contributed by atoms with Gasteiger partial charge in [-0.15, -0.1) is 11.3 Å². The van der Waals surface area contributed by atoms with E-state index >= 15 is 0 Å². The second-order valence-electron chi connectivity index (χ2n) is 3.61. The van der Waals surface area contributed by atoms with Gasteiger partial charge in [0.05, 0.1) is 6.20 Å². The Morgan fingerprint density at radius 2 is 2.17 bits per heavy atom. The molecule has 0 radical (unpaired) electrons. The topological polar surface area (TPSA) is 39.2 Å². The zero-order chi connectivity index (χ0) is 12.8. The van der Waals surface area contributed by atoms with Crippen molar-refractivity contribution >= 4 is 29.1 Å². The zero-order valence-electron chi connectivity index (χ0n) is 9.96. The molecule has 0 unspecified atom stereocenters. The first-order valence-electron chi connectivity index (χ1n) is 5.44. The summed E-state index contributed by atoms with van der Waals surface area (Å²) in [5.41, 5.74) is 0.986. The van der Waals surface area contributed by atoms with Crippen LogP contribution in [0.25, 0.3) is 0 Å². The molecule has 2 rings (SSSR count). The first-order chi connectivity index (χ1) is 8.79. The third-order valence-electron chi connectivity index (χ3n) is 2.24. The van der Waals surface area contributed by atoms with E-state index in [0.29, 0.717) is 11.5 Å². The highest BCUT2D eigenvalue weighted by atomic mass is 32.2. The van der Waals surface area contributed by atoms with E-state index in [1.54, 1.807) is 18.0 Å². The first-order valence-corrected chi connectivity index (χ1v) is 7.65. The first kappa shape index (κ1) is 13.1. The van der Waals surface area contributed by atoms with Crippen LogP contribution in [0, 0.1) is 0 Å². The summed E-state index contributed by atoms with van der Waals surface area (Å²) in [6.45, 7) is 0.301. The average Bonchev–Trinajstić information content (AvgIpc) is 2.86. The molecule has 0 bridgehead atoms. The predicted octanol–water partition coefficient (Wildman–Crippen LogP) is 3.36. The molecule has 0 saturated heterocycles. The maximum absolute atomic E-state index is 11.8.